The van der Waals surface area contributed by atoms with E-state index in [9.17, 15) is 9.59 Å². The molecule has 2 rings (SSSR count). The van der Waals surface area contributed by atoms with E-state index in [1.165, 1.54) is 0 Å². The van der Waals surface area contributed by atoms with E-state index in [0.29, 0.717) is 25.4 Å². The van der Waals surface area contributed by atoms with Crippen molar-refractivity contribution in [2.24, 2.45) is 11.3 Å². The third kappa shape index (κ3) is 2.84. The monoisotopic (exact) mass is 280 g/mol. The maximum Gasteiger partial charge on any atom is 0.242 e. The maximum absolute atomic E-state index is 13.1. The molecule has 2 amide bonds. The second-order valence-electron chi connectivity index (χ2n) is 6.80. The van der Waals surface area contributed by atoms with Gasteiger partial charge in [0.2, 0.25) is 11.8 Å². The molecule has 0 bridgehead atoms. The van der Waals surface area contributed by atoms with Crippen LogP contribution in [0.5, 0.6) is 0 Å². The topological polar surface area (TPSA) is 49.4 Å². The van der Waals surface area contributed by atoms with Crippen molar-refractivity contribution in [1.29, 1.82) is 0 Å². The van der Waals surface area contributed by atoms with E-state index in [2.05, 4.69) is 19.2 Å². The van der Waals surface area contributed by atoms with Gasteiger partial charge < -0.3 is 10.2 Å². The van der Waals surface area contributed by atoms with Gasteiger partial charge in [0.25, 0.3) is 0 Å². The van der Waals surface area contributed by atoms with Crippen LogP contribution < -0.4 is 5.32 Å². The van der Waals surface area contributed by atoms with Crippen LogP contribution in [-0.2, 0) is 9.59 Å². The highest BCUT2D eigenvalue weighted by Gasteiger charge is 2.46. The molecule has 1 N–H and O–H groups in total. The molecule has 4 nitrogen and oxygen atoms in total. The van der Waals surface area contributed by atoms with E-state index < -0.39 is 0 Å². The van der Waals surface area contributed by atoms with Crippen LogP contribution >= 0.6 is 0 Å². The summed E-state index contributed by atoms with van der Waals surface area (Å²) >= 11 is 0. The SMILES string of the molecule is CCC1C(=O)NCCN1C(=O)C1(CC(C)C)CCCC1. The molecule has 114 valence electrons. The summed E-state index contributed by atoms with van der Waals surface area (Å²) in [7, 11) is 0. The van der Waals surface area contributed by atoms with Crippen LogP contribution in [0, 0.1) is 11.3 Å². The maximum atomic E-state index is 13.1. The van der Waals surface area contributed by atoms with E-state index in [4.69, 9.17) is 0 Å². The van der Waals surface area contributed by atoms with Crippen LogP contribution in [0.2, 0.25) is 0 Å². The van der Waals surface area contributed by atoms with E-state index >= 15 is 0 Å². The fourth-order valence-electron chi connectivity index (χ4n) is 4.01. The molecule has 1 aliphatic carbocycles. The largest absolute Gasteiger partial charge is 0.353 e. The fraction of sp³-hybridized carbons (Fsp3) is 0.875. The predicted octanol–water partition coefficient (Wildman–Crippen LogP) is 2.33. The summed E-state index contributed by atoms with van der Waals surface area (Å²) in [6.45, 7) is 7.63. The molecule has 1 unspecified atom stereocenters. The Morgan fingerprint density at radius 1 is 1.40 bits per heavy atom. The van der Waals surface area contributed by atoms with E-state index in [1.54, 1.807) is 0 Å². The van der Waals surface area contributed by atoms with Crippen molar-refractivity contribution in [3.8, 4) is 0 Å². The number of piperazine rings is 1. The lowest BCUT2D eigenvalue weighted by Crippen LogP contribution is -2.59. The van der Waals surface area contributed by atoms with Crippen LogP contribution in [0.3, 0.4) is 0 Å². The molecular weight excluding hydrogens is 252 g/mol. The minimum Gasteiger partial charge on any atom is -0.353 e. The molecule has 0 radical (unpaired) electrons. The molecule has 0 aromatic rings. The van der Waals surface area contributed by atoms with Crippen molar-refractivity contribution in [3.63, 3.8) is 0 Å². The summed E-state index contributed by atoms with van der Waals surface area (Å²) < 4.78 is 0. The highest BCUT2D eigenvalue weighted by molar-refractivity contribution is 5.91. The fourth-order valence-corrected chi connectivity index (χ4v) is 4.01. The zero-order valence-electron chi connectivity index (χ0n) is 13.1. The summed E-state index contributed by atoms with van der Waals surface area (Å²) in [6, 6.07) is -0.263. The van der Waals surface area contributed by atoms with Crippen molar-refractivity contribution >= 4 is 11.8 Å². The van der Waals surface area contributed by atoms with Crippen molar-refractivity contribution in [1.82, 2.24) is 10.2 Å². The molecule has 1 saturated heterocycles. The van der Waals surface area contributed by atoms with Crippen molar-refractivity contribution < 1.29 is 9.59 Å². The molecule has 0 aromatic carbocycles. The van der Waals surface area contributed by atoms with E-state index in [1.807, 2.05) is 11.8 Å². The van der Waals surface area contributed by atoms with Gasteiger partial charge in [0, 0.05) is 18.5 Å². The molecule has 4 heteroatoms. The van der Waals surface area contributed by atoms with Crippen LogP contribution in [0.1, 0.15) is 59.3 Å². The lowest BCUT2D eigenvalue weighted by Gasteiger charge is -2.41. The second kappa shape index (κ2) is 6.15. The zero-order chi connectivity index (χ0) is 14.8. The highest BCUT2D eigenvalue weighted by Crippen LogP contribution is 2.45. The number of amides is 2. The normalized spacial score (nSPS) is 25.9. The molecule has 0 aromatic heterocycles. The molecule has 1 atom stereocenters. The Balaban J connectivity index is 2.20. The standard InChI is InChI=1S/C16H28N2O2/c1-4-13-14(19)17-9-10-18(13)15(20)16(11-12(2)3)7-5-6-8-16/h12-13H,4-11H2,1-3H3,(H,17,19). The van der Waals surface area contributed by atoms with Gasteiger partial charge in [0.05, 0.1) is 0 Å². The summed E-state index contributed by atoms with van der Waals surface area (Å²) in [5, 5.41) is 2.88. The number of nitrogens with one attached hydrogen (secondary N) is 1. The Hall–Kier alpha value is -1.06. The molecule has 1 saturated carbocycles. The smallest absolute Gasteiger partial charge is 0.242 e. The van der Waals surface area contributed by atoms with Crippen LogP contribution in [0.25, 0.3) is 0 Å². The average Bonchev–Trinajstić information content (AvgIpc) is 2.86. The molecule has 2 fully saturated rings. The first kappa shape index (κ1) is 15.3. The Bertz CT molecular complexity index is 373. The van der Waals surface area contributed by atoms with E-state index in [0.717, 1.165) is 32.1 Å². The van der Waals surface area contributed by atoms with Gasteiger partial charge in [-0.3, -0.25) is 9.59 Å². The van der Waals surface area contributed by atoms with Gasteiger partial charge in [0.1, 0.15) is 6.04 Å². The van der Waals surface area contributed by atoms with Gasteiger partial charge in [-0.05, 0) is 31.6 Å². The number of carbonyl (C=O) groups is 2. The summed E-state index contributed by atoms with van der Waals surface area (Å²) in [4.78, 5) is 27.0. The number of rotatable bonds is 4. The average molecular weight is 280 g/mol. The van der Waals surface area contributed by atoms with E-state index in [-0.39, 0.29) is 23.3 Å². The van der Waals surface area contributed by atoms with Gasteiger partial charge in [-0.15, -0.1) is 0 Å². The van der Waals surface area contributed by atoms with Gasteiger partial charge in [0.15, 0.2) is 0 Å². The first-order valence-corrected chi connectivity index (χ1v) is 8.09. The molecule has 0 spiro atoms. The Morgan fingerprint density at radius 2 is 2.05 bits per heavy atom. The van der Waals surface area contributed by atoms with Crippen LogP contribution in [0.4, 0.5) is 0 Å². The van der Waals surface area contributed by atoms with Crippen LogP contribution in [-0.4, -0.2) is 35.8 Å². The van der Waals surface area contributed by atoms with Gasteiger partial charge in [-0.25, -0.2) is 0 Å². The Labute approximate surface area is 122 Å². The summed E-state index contributed by atoms with van der Waals surface area (Å²) in [5.41, 5.74) is -0.195. The summed E-state index contributed by atoms with van der Waals surface area (Å²) in [5.74, 6) is 0.783. The first-order valence-electron chi connectivity index (χ1n) is 8.09. The van der Waals surface area contributed by atoms with Gasteiger partial charge in [-0.2, -0.15) is 0 Å². The molecule has 2 aliphatic rings. The Kier molecular flexibility index (Phi) is 4.71. The lowest BCUT2D eigenvalue weighted by molar-refractivity contribution is -0.152. The second-order valence-corrected chi connectivity index (χ2v) is 6.80. The van der Waals surface area contributed by atoms with Crippen LogP contribution in [0.15, 0.2) is 0 Å². The number of carbonyl (C=O) groups excluding carboxylic acids is 2. The highest BCUT2D eigenvalue weighted by atomic mass is 16.2. The number of hydrogen-bond acceptors (Lipinski definition) is 2. The minimum absolute atomic E-state index is 0.0183. The summed E-state index contributed by atoms with van der Waals surface area (Å²) in [6.07, 6.45) is 5.96. The molecule has 1 aliphatic heterocycles. The minimum atomic E-state index is -0.263. The van der Waals surface area contributed by atoms with Gasteiger partial charge >= 0.3 is 0 Å². The molecule has 20 heavy (non-hydrogen) atoms. The zero-order valence-corrected chi connectivity index (χ0v) is 13.1. The quantitative estimate of drug-likeness (QED) is 0.859. The number of hydrogen-bond donors (Lipinski definition) is 1. The van der Waals surface area contributed by atoms with Crippen molar-refractivity contribution in [2.75, 3.05) is 13.1 Å². The lowest BCUT2D eigenvalue weighted by atomic mass is 9.77. The first-order chi connectivity index (χ1) is 9.50. The number of nitrogens with zero attached hydrogens (tertiary/aromatic N) is 1. The molecular formula is C16H28N2O2. The van der Waals surface area contributed by atoms with Gasteiger partial charge in [-0.1, -0.05) is 33.6 Å². The Morgan fingerprint density at radius 3 is 2.60 bits per heavy atom. The van der Waals surface area contributed by atoms with Crippen molar-refractivity contribution in [3.05, 3.63) is 0 Å². The third-order valence-corrected chi connectivity index (χ3v) is 4.79. The predicted molar refractivity (Wildman–Crippen MR) is 79.2 cm³/mol. The van der Waals surface area contributed by atoms with Crippen molar-refractivity contribution in [2.45, 2.75) is 65.3 Å². The third-order valence-electron chi connectivity index (χ3n) is 4.79. The molecule has 1 heterocycles.